The topological polar surface area (TPSA) is 99.0 Å². The lowest BCUT2D eigenvalue weighted by molar-refractivity contribution is 0.259. The molecule has 35 heavy (non-hydrogen) atoms. The summed E-state index contributed by atoms with van der Waals surface area (Å²) in [6.45, 7) is 16.5. The summed E-state index contributed by atoms with van der Waals surface area (Å²) in [5.74, 6) is -1.17. The van der Waals surface area contributed by atoms with Gasteiger partial charge < -0.3 is 15.4 Å². The van der Waals surface area contributed by atoms with Gasteiger partial charge in [-0.3, -0.25) is 15.7 Å². The Labute approximate surface area is 206 Å². The maximum Gasteiger partial charge on any atom is 0.135 e. The number of halogens is 2. The first-order valence-corrected chi connectivity index (χ1v) is 12.0. The Morgan fingerprint density at radius 3 is 2.26 bits per heavy atom. The predicted octanol–water partition coefficient (Wildman–Crippen LogP) is 7.13. The van der Waals surface area contributed by atoms with E-state index in [0.29, 0.717) is 33.4 Å². The van der Waals surface area contributed by atoms with Crippen LogP contribution in [0.1, 0.15) is 59.6 Å². The predicted molar refractivity (Wildman–Crippen MR) is 143 cm³/mol. The zero-order valence-corrected chi connectivity index (χ0v) is 22.0. The van der Waals surface area contributed by atoms with Gasteiger partial charge in [0.05, 0.1) is 22.4 Å². The molecule has 6 nitrogen and oxygen atoms in total. The number of nitrogens with zero attached hydrogens (tertiary/aromatic N) is 1. The van der Waals surface area contributed by atoms with Crippen LogP contribution in [0.15, 0.2) is 24.4 Å². The van der Waals surface area contributed by atoms with E-state index < -0.39 is 23.3 Å². The molecule has 1 unspecified atom stereocenters. The van der Waals surface area contributed by atoms with Crippen molar-refractivity contribution in [3.8, 4) is 11.1 Å². The van der Waals surface area contributed by atoms with E-state index >= 15 is 4.39 Å². The van der Waals surface area contributed by atoms with Crippen LogP contribution in [0.2, 0.25) is 0 Å². The highest BCUT2D eigenvalue weighted by molar-refractivity contribution is 6.25. The number of nitrogens with one attached hydrogen (secondary N) is 4. The minimum absolute atomic E-state index is 0.0478. The van der Waals surface area contributed by atoms with Gasteiger partial charge in [-0.05, 0) is 63.9 Å². The molecule has 4 rings (SSSR count). The van der Waals surface area contributed by atoms with Gasteiger partial charge in [0.25, 0.3) is 0 Å². The molecule has 1 aromatic heterocycles. The number of aliphatic hydroxyl groups is 1. The van der Waals surface area contributed by atoms with Gasteiger partial charge in [0, 0.05) is 22.7 Å². The zero-order valence-electron chi connectivity index (χ0n) is 22.0. The van der Waals surface area contributed by atoms with Crippen LogP contribution < -0.4 is 10.2 Å². The second kappa shape index (κ2) is 10.6. The first kappa shape index (κ1) is 28.0. The molecular weight excluding hydrogens is 448 g/mol. The third kappa shape index (κ3) is 4.80. The number of benzene rings is 2. The molecule has 2 heterocycles. The Kier molecular flexibility index (Phi) is 8.44. The van der Waals surface area contributed by atoms with Crippen LogP contribution in [0, 0.1) is 36.3 Å². The first-order chi connectivity index (χ1) is 16.4. The number of rotatable bonds is 2. The van der Waals surface area contributed by atoms with E-state index in [9.17, 15) is 9.50 Å². The van der Waals surface area contributed by atoms with Crippen LogP contribution in [0.25, 0.3) is 22.0 Å². The van der Waals surface area contributed by atoms with E-state index in [4.69, 9.17) is 10.8 Å². The zero-order chi connectivity index (χ0) is 26.8. The number of amidine groups is 2. The molecule has 0 bridgehead atoms. The van der Waals surface area contributed by atoms with Crippen LogP contribution in [-0.2, 0) is 0 Å². The number of aliphatic hydroxyl groups excluding tert-OH is 1. The smallest absolute Gasteiger partial charge is 0.135 e. The molecule has 0 spiro atoms. The van der Waals surface area contributed by atoms with Gasteiger partial charge in [-0.1, -0.05) is 27.7 Å². The number of H-pyrrole nitrogens is 1. The highest BCUT2D eigenvalue weighted by Crippen LogP contribution is 2.45. The third-order valence-electron chi connectivity index (χ3n) is 5.85. The second-order valence-electron chi connectivity index (χ2n) is 8.60. The summed E-state index contributed by atoms with van der Waals surface area (Å²) in [5, 5.41) is 31.0. The SMILES string of the molecule is CC.CC.Cc1c(-c2cc(F)cc3c(C)c[nH]c23)c(F)cc2c1N(C(=N)C(C)O)C(=N)C(C)(C)N2. The Hall–Kier alpha value is -3.26. The van der Waals surface area contributed by atoms with E-state index in [1.54, 1.807) is 27.0 Å². The Morgan fingerprint density at radius 1 is 1.09 bits per heavy atom. The molecule has 0 amide bonds. The van der Waals surface area contributed by atoms with Crippen LogP contribution >= 0.6 is 0 Å². The van der Waals surface area contributed by atoms with Crippen LogP contribution in [-0.4, -0.2) is 33.4 Å². The summed E-state index contributed by atoms with van der Waals surface area (Å²) in [4.78, 5) is 4.44. The molecule has 1 aliphatic heterocycles. The molecule has 0 radical (unpaired) electrons. The maximum atomic E-state index is 15.5. The lowest BCUT2D eigenvalue weighted by atomic mass is 9.90. The van der Waals surface area contributed by atoms with Crippen LogP contribution in [0.4, 0.5) is 20.2 Å². The lowest BCUT2D eigenvalue weighted by Gasteiger charge is -2.43. The number of hydrogen-bond donors (Lipinski definition) is 5. The van der Waals surface area contributed by atoms with Gasteiger partial charge >= 0.3 is 0 Å². The van der Waals surface area contributed by atoms with Crippen molar-refractivity contribution in [2.75, 3.05) is 10.2 Å². The van der Waals surface area contributed by atoms with Crippen molar-refractivity contribution in [2.24, 2.45) is 0 Å². The maximum absolute atomic E-state index is 15.5. The molecule has 0 fully saturated rings. The van der Waals surface area contributed by atoms with E-state index in [0.717, 1.165) is 5.56 Å². The number of aromatic nitrogens is 1. The minimum atomic E-state index is -1.14. The van der Waals surface area contributed by atoms with Gasteiger partial charge in [0.2, 0.25) is 0 Å². The van der Waals surface area contributed by atoms with E-state index in [-0.39, 0.29) is 17.2 Å². The standard InChI is InChI=1S/C23H25F2N5O.2C2H6/c1-10-9-28-19-14(10)6-13(24)7-15(19)18-11(2)20-17(8-16(18)25)29-23(4,5)22(27)30(20)21(26)12(3)31;2*1-2/h6-9,12,26-29,31H,1-5H3;2*1-2H3. The number of hydrogen-bond acceptors (Lipinski definition) is 4. The average Bonchev–Trinajstić information content (AvgIpc) is 3.17. The Morgan fingerprint density at radius 2 is 1.69 bits per heavy atom. The van der Waals surface area contributed by atoms with Gasteiger partial charge in [-0.2, -0.15) is 0 Å². The van der Waals surface area contributed by atoms with Gasteiger partial charge in [0.1, 0.15) is 29.4 Å². The number of aryl methyl sites for hydroxylation is 1. The summed E-state index contributed by atoms with van der Waals surface area (Å²) in [5.41, 5.74) is 2.34. The van der Waals surface area contributed by atoms with E-state index in [1.807, 2.05) is 34.6 Å². The summed E-state index contributed by atoms with van der Waals surface area (Å²) >= 11 is 0. The van der Waals surface area contributed by atoms with Crippen LogP contribution in [0.3, 0.4) is 0 Å². The quantitative estimate of drug-likeness (QED) is 0.197. The molecule has 1 atom stereocenters. The summed E-state index contributed by atoms with van der Waals surface area (Å²) in [7, 11) is 0. The van der Waals surface area contributed by atoms with Crippen molar-refractivity contribution in [2.45, 2.75) is 74.0 Å². The van der Waals surface area contributed by atoms with Crippen LogP contribution in [0.5, 0.6) is 0 Å². The van der Waals surface area contributed by atoms with E-state index in [2.05, 4.69) is 10.3 Å². The number of anilines is 2. The van der Waals surface area contributed by atoms with E-state index in [1.165, 1.54) is 30.0 Å². The summed E-state index contributed by atoms with van der Waals surface area (Å²) in [6.07, 6.45) is 0.607. The van der Waals surface area contributed by atoms with Gasteiger partial charge in [-0.15, -0.1) is 0 Å². The second-order valence-corrected chi connectivity index (χ2v) is 8.60. The Bertz CT molecular complexity index is 1260. The van der Waals surface area contributed by atoms with Crippen molar-refractivity contribution in [1.29, 1.82) is 10.8 Å². The minimum Gasteiger partial charge on any atom is -0.385 e. The Balaban J connectivity index is 0.00000103. The normalized spacial score (nSPS) is 14.7. The van der Waals surface area contributed by atoms with Crippen molar-refractivity contribution in [1.82, 2.24) is 4.98 Å². The van der Waals surface area contributed by atoms with Crippen molar-refractivity contribution in [3.63, 3.8) is 0 Å². The number of aromatic amines is 1. The van der Waals surface area contributed by atoms with Crippen molar-refractivity contribution in [3.05, 3.63) is 47.2 Å². The number of fused-ring (bicyclic) bond motifs is 2. The summed E-state index contributed by atoms with van der Waals surface area (Å²) < 4.78 is 29.9. The lowest BCUT2D eigenvalue weighted by Crippen LogP contribution is -2.57. The largest absolute Gasteiger partial charge is 0.385 e. The molecule has 0 aliphatic carbocycles. The molecule has 2 aromatic carbocycles. The molecule has 5 N–H and O–H groups in total. The molecule has 1 aliphatic rings. The fourth-order valence-corrected chi connectivity index (χ4v) is 4.22. The fraction of sp³-hybridized carbons (Fsp3) is 0.407. The molecule has 8 heteroatoms. The van der Waals surface area contributed by atoms with Gasteiger partial charge in [0.15, 0.2) is 0 Å². The third-order valence-corrected chi connectivity index (χ3v) is 5.85. The fourth-order valence-electron chi connectivity index (χ4n) is 4.22. The van der Waals surface area contributed by atoms with Crippen molar-refractivity contribution < 1.29 is 13.9 Å². The monoisotopic (exact) mass is 485 g/mol. The first-order valence-electron chi connectivity index (χ1n) is 12.0. The molecule has 3 aromatic rings. The molecule has 0 saturated heterocycles. The molecule has 190 valence electrons. The highest BCUT2D eigenvalue weighted by atomic mass is 19.1. The van der Waals surface area contributed by atoms with Gasteiger partial charge in [-0.25, -0.2) is 8.78 Å². The average molecular weight is 486 g/mol. The summed E-state index contributed by atoms with van der Waals surface area (Å²) in [6, 6.07) is 4.00. The molecular formula is C27H37F2N5O. The molecule has 0 saturated carbocycles. The highest BCUT2D eigenvalue weighted by Gasteiger charge is 2.40. The van der Waals surface area contributed by atoms with Crippen molar-refractivity contribution >= 4 is 33.9 Å².